The molecule has 4 heteroatoms. The fraction of sp³-hybridized carbons (Fsp3) is 0.933. The summed E-state index contributed by atoms with van der Waals surface area (Å²) in [5.74, 6) is -0.222. The number of hydroxylamine groups is 2. The Hall–Kier alpha value is -0.610. The molecule has 1 radical (unpaired) electrons. The average Bonchev–Trinajstić information content (AvgIpc) is 2.37. The minimum Gasteiger partial charge on any atom is -0.356 e. The van der Waals surface area contributed by atoms with Crippen LogP contribution in [0.15, 0.2) is 0 Å². The van der Waals surface area contributed by atoms with Crippen LogP contribution in [0.1, 0.15) is 61.3 Å². The van der Waals surface area contributed by atoms with Crippen molar-refractivity contribution in [1.82, 2.24) is 10.4 Å². The largest absolute Gasteiger partial charge is 0.356 e. The summed E-state index contributed by atoms with van der Waals surface area (Å²) in [6.45, 7) is 14.7. The molecule has 0 bridgehead atoms. The first kappa shape index (κ1) is 16.4. The maximum absolute atomic E-state index is 12.3. The van der Waals surface area contributed by atoms with Crippen LogP contribution in [0.2, 0.25) is 0 Å². The summed E-state index contributed by atoms with van der Waals surface area (Å²) in [4.78, 5) is 12.3. The third-order valence-corrected chi connectivity index (χ3v) is 4.12. The highest BCUT2D eigenvalue weighted by Gasteiger charge is 2.55. The molecule has 1 aliphatic rings. The van der Waals surface area contributed by atoms with E-state index in [1.54, 1.807) is 0 Å². The van der Waals surface area contributed by atoms with Crippen molar-refractivity contribution in [1.29, 1.82) is 0 Å². The molecule has 1 N–H and O–H groups in total. The Bertz CT molecular complexity index is 343. The summed E-state index contributed by atoms with van der Waals surface area (Å²) in [6, 6.07) is 0. The lowest BCUT2D eigenvalue weighted by Gasteiger charge is -2.33. The summed E-state index contributed by atoms with van der Waals surface area (Å²) in [6.07, 6.45) is 1.56. The third kappa shape index (κ3) is 3.69. The van der Waals surface area contributed by atoms with E-state index in [1.807, 2.05) is 27.7 Å². The molecule has 1 aliphatic heterocycles. The van der Waals surface area contributed by atoms with Crippen molar-refractivity contribution in [2.24, 2.45) is 11.3 Å². The predicted octanol–water partition coefficient (Wildman–Crippen LogP) is 2.76. The van der Waals surface area contributed by atoms with E-state index in [1.165, 1.54) is 0 Å². The highest BCUT2D eigenvalue weighted by atomic mass is 16.5. The number of hydrogen-bond donors (Lipinski definition) is 1. The molecule has 1 amide bonds. The minimum absolute atomic E-state index is 0.0145. The smallest absolute Gasteiger partial charge is 0.225 e. The quantitative estimate of drug-likeness (QED) is 0.856. The van der Waals surface area contributed by atoms with Gasteiger partial charge in [0.15, 0.2) is 0 Å². The fourth-order valence-electron chi connectivity index (χ4n) is 2.85. The maximum Gasteiger partial charge on any atom is 0.225 e. The molecule has 0 aromatic carbocycles. The van der Waals surface area contributed by atoms with E-state index >= 15 is 0 Å². The molecule has 0 aliphatic carbocycles. The molecule has 0 saturated carbocycles. The first-order chi connectivity index (χ1) is 8.38. The van der Waals surface area contributed by atoms with Gasteiger partial charge in [-0.25, -0.2) is 0 Å². The van der Waals surface area contributed by atoms with E-state index in [0.29, 0.717) is 13.0 Å². The van der Waals surface area contributed by atoms with Crippen molar-refractivity contribution >= 4 is 5.91 Å². The molecule has 1 heterocycles. The maximum atomic E-state index is 12.3. The first-order valence-electron chi connectivity index (χ1n) is 7.13. The van der Waals surface area contributed by atoms with Crippen LogP contribution >= 0.6 is 0 Å². The Morgan fingerprint density at radius 1 is 1.26 bits per heavy atom. The highest BCUT2D eigenvalue weighted by Crippen LogP contribution is 2.43. The molecule has 0 spiro atoms. The second-order valence-electron chi connectivity index (χ2n) is 8.12. The molecule has 0 aromatic heterocycles. The molecule has 1 saturated heterocycles. The van der Waals surface area contributed by atoms with Crippen LogP contribution in [0.25, 0.3) is 0 Å². The number of nitrogens with one attached hydrogen (secondary N) is 1. The molecule has 1 atom stereocenters. The number of amides is 1. The Morgan fingerprint density at radius 3 is 2.16 bits per heavy atom. The van der Waals surface area contributed by atoms with Crippen LogP contribution in [0.3, 0.4) is 0 Å². The Morgan fingerprint density at radius 2 is 1.79 bits per heavy atom. The van der Waals surface area contributed by atoms with Crippen LogP contribution in [0.5, 0.6) is 0 Å². The first-order valence-corrected chi connectivity index (χ1v) is 7.13. The van der Waals surface area contributed by atoms with Crippen molar-refractivity contribution in [3.05, 3.63) is 0 Å². The van der Waals surface area contributed by atoms with Gasteiger partial charge in [-0.2, -0.15) is 0 Å². The van der Waals surface area contributed by atoms with Gasteiger partial charge >= 0.3 is 0 Å². The van der Waals surface area contributed by atoms with Crippen LogP contribution in [0.4, 0.5) is 0 Å². The van der Waals surface area contributed by atoms with E-state index in [4.69, 9.17) is 0 Å². The van der Waals surface area contributed by atoms with Crippen LogP contribution < -0.4 is 5.32 Å². The van der Waals surface area contributed by atoms with Gasteiger partial charge in [-0.05, 0) is 46.0 Å². The normalized spacial score (nSPS) is 26.4. The zero-order chi connectivity index (χ0) is 15.1. The second kappa shape index (κ2) is 5.06. The number of hydrogen-bond acceptors (Lipinski definition) is 2. The summed E-state index contributed by atoms with van der Waals surface area (Å²) in [5.41, 5.74) is -0.882. The van der Waals surface area contributed by atoms with Crippen LogP contribution in [-0.4, -0.2) is 28.6 Å². The van der Waals surface area contributed by atoms with Gasteiger partial charge in [0.2, 0.25) is 5.91 Å². The van der Waals surface area contributed by atoms with Crippen molar-refractivity contribution in [3.63, 3.8) is 0 Å². The zero-order valence-corrected chi connectivity index (χ0v) is 13.5. The third-order valence-electron chi connectivity index (χ3n) is 4.12. The lowest BCUT2D eigenvalue weighted by atomic mass is 9.86. The van der Waals surface area contributed by atoms with Crippen molar-refractivity contribution in [2.75, 3.05) is 6.54 Å². The zero-order valence-electron chi connectivity index (χ0n) is 13.5. The standard InChI is InChI=1S/C15H29N2O2/c1-13(2,3)8-9-16-12(18)11-10-14(4,5)17(19)15(11,6)7/h11H,8-10H2,1-7H3,(H,16,18). The molecule has 0 aromatic rings. The second-order valence-corrected chi connectivity index (χ2v) is 8.12. The van der Waals surface area contributed by atoms with Gasteiger partial charge in [0, 0.05) is 12.1 Å². The predicted molar refractivity (Wildman–Crippen MR) is 75.9 cm³/mol. The number of carbonyl (C=O) groups excluding carboxylic acids is 1. The van der Waals surface area contributed by atoms with Crippen LogP contribution in [0, 0.1) is 11.3 Å². The molecule has 4 nitrogen and oxygen atoms in total. The lowest BCUT2D eigenvalue weighted by Crippen LogP contribution is -2.49. The molecule has 19 heavy (non-hydrogen) atoms. The lowest BCUT2D eigenvalue weighted by molar-refractivity contribution is -0.247. The van der Waals surface area contributed by atoms with Crippen molar-refractivity contribution < 1.29 is 10.0 Å². The summed E-state index contributed by atoms with van der Waals surface area (Å²) in [5, 5.41) is 16.3. The van der Waals surface area contributed by atoms with E-state index in [0.717, 1.165) is 11.5 Å². The van der Waals surface area contributed by atoms with Gasteiger partial charge in [0.1, 0.15) is 0 Å². The van der Waals surface area contributed by atoms with Gasteiger partial charge in [-0.3, -0.25) is 4.79 Å². The van der Waals surface area contributed by atoms with Crippen molar-refractivity contribution in [2.45, 2.75) is 72.4 Å². The Labute approximate surface area is 117 Å². The molecular formula is C15H29N2O2. The van der Waals surface area contributed by atoms with Gasteiger partial charge in [0.05, 0.1) is 11.5 Å². The summed E-state index contributed by atoms with van der Waals surface area (Å²) in [7, 11) is 0. The number of rotatable bonds is 3. The topological polar surface area (TPSA) is 52.2 Å². The average molecular weight is 269 g/mol. The molecule has 1 rings (SSSR count). The van der Waals surface area contributed by atoms with Crippen LogP contribution in [-0.2, 0) is 10.0 Å². The monoisotopic (exact) mass is 269 g/mol. The van der Waals surface area contributed by atoms with Crippen molar-refractivity contribution in [3.8, 4) is 0 Å². The highest BCUT2D eigenvalue weighted by molar-refractivity contribution is 5.80. The SMILES string of the molecule is CC(C)(C)CCNC(=O)C1CC(C)(C)N([O])C1(C)C. The van der Waals surface area contributed by atoms with E-state index in [2.05, 4.69) is 26.1 Å². The fourth-order valence-corrected chi connectivity index (χ4v) is 2.85. The van der Waals surface area contributed by atoms with Gasteiger partial charge in [0.25, 0.3) is 0 Å². The minimum atomic E-state index is -0.630. The summed E-state index contributed by atoms with van der Waals surface area (Å²) < 4.78 is 0. The van der Waals surface area contributed by atoms with E-state index in [9.17, 15) is 10.0 Å². The number of carbonyl (C=O) groups is 1. The van der Waals surface area contributed by atoms with Gasteiger partial charge in [-0.1, -0.05) is 20.8 Å². The molecule has 1 unspecified atom stereocenters. The van der Waals surface area contributed by atoms with Gasteiger partial charge in [-0.15, -0.1) is 10.3 Å². The molecule has 111 valence electrons. The summed E-state index contributed by atoms with van der Waals surface area (Å²) >= 11 is 0. The Kier molecular flexibility index (Phi) is 4.38. The Balaban J connectivity index is 2.63. The number of nitrogens with zero attached hydrogens (tertiary/aromatic N) is 1. The molecule has 1 fully saturated rings. The van der Waals surface area contributed by atoms with Gasteiger partial charge < -0.3 is 5.32 Å². The van der Waals surface area contributed by atoms with E-state index in [-0.39, 0.29) is 17.2 Å². The van der Waals surface area contributed by atoms with E-state index < -0.39 is 11.1 Å². The molecular weight excluding hydrogens is 240 g/mol.